The van der Waals surface area contributed by atoms with Crippen LogP contribution in [-0.2, 0) is 0 Å². The van der Waals surface area contributed by atoms with Gasteiger partial charge < -0.3 is 0 Å². The first-order valence-electron chi connectivity index (χ1n) is 8.29. The predicted octanol–water partition coefficient (Wildman–Crippen LogP) is 4.09. The fraction of sp³-hybridized carbons (Fsp3) is 0. The van der Waals surface area contributed by atoms with Gasteiger partial charge in [0.05, 0.1) is 26.0 Å². The highest BCUT2D eigenvalue weighted by Gasteiger charge is 2.16. The van der Waals surface area contributed by atoms with Gasteiger partial charge in [-0.1, -0.05) is 35.9 Å². The Kier molecular flexibility index (Phi) is 5.01. The molecule has 0 aliphatic carbocycles. The molecule has 0 bridgehead atoms. The van der Waals surface area contributed by atoms with Crippen LogP contribution in [0.3, 0.4) is 0 Å². The third-order valence-electron chi connectivity index (χ3n) is 3.97. The number of hydrogen-bond donors (Lipinski definition) is 2. The summed E-state index contributed by atoms with van der Waals surface area (Å²) in [5.74, 6) is -0.954. The number of para-hydroxylation sites is 1. The summed E-state index contributed by atoms with van der Waals surface area (Å²) in [4.78, 5) is 34.3. The number of benzene rings is 1. The zero-order valence-electron chi connectivity index (χ0n) is 14.3. The number of fused-ring (bicyclic) bond motifs is 1. The number of nitrogens with zero attached hydrogens (tertiary/aromatic N) is 2. The molecule has 0 aliphatic rings. The van der Waals surface area contributed by atoms with Crippen molar-refractivity contribution in [3.8, 4) is 10.6 Å². The van der Waals surface area contributed by atoms with Crippen molar-refractivity contribution in [3.63, 3.8) is 0 Å². The summed E-state index contributed by atoms with van der Waals surface area (Å²) in [6.45, 7) is 0. The number of thiophene rings is 1. The van der Waals surface area contributed by atoms with Crippen LogP contribution in [-0.4, -0.2) is 21.8 Å². The van der Waals surface area contributed by atoms with Crippen molar-refractivity contribution in [2.45, 2.75) is 0 Å². The molecule has 2 N–H and O–H groups in total. The van der Waals surface area contributed by atoms with Crippen LogP contribution in [0.25, 0.3) is 21.5 Å². The number of nitrogens with one attached hydrogen (secondary N) is 2. The number of amides is 2. The molecule has 3 heterocycles. The number of hydrogen-bond acceptors (Lipinski definition) is 5. The number of aromatic nitrogens is 2. The van der Waals surface area contributed by atoms with E-state index in [-0.39, 0.29) is 5.69 Å². The molecule has 2 amide bonds. The van der Waals surface area contributed by atoms with Crippen molar-refractivity contribution in [1.29, 1.82) is 0 Å². The number of halogens is 1. The van der Waals surface area contributed by atoms with Gasteiger partial charge in [-0.3, -0.25) is 25.4 Å². The minimum atomic E-state index is -0.502. The maximum absolute atomic E-state index is 12.8. The molecule has 0 saturated heterocycles. The summed E-state index contributed by atoms with van der Waals surface area (Å²) >= 11 is 7.41. The summed E-state index contributed by atoms with van der Waals surface area (Å²) in [5.41, 5.74) is 6.74. The third kappa shape index (κ3) is 3.71. The average Bonchev–Trinajstić information content (AvgIpc) is 3.18. The lowest BCUT2D eigenvalue weighted by Crippen LogP contribution is -2.42. The number of hydrazine groups is 1. The first-order valence-corrected chi connectivity index (χ1v) is 9.48. The summed E-state index contributed by atoms with van der Waals surface area (Å²) in [6.07, 6.45) is 1.51. The maximum atomic E-state index is 12.8. The van der Waals surface area contributed by atoms with Gasteiger partial charge in [0.15, 0.2) is 0 Å². The lowest BCUT2D eigenvalue weighted by Gasteiger charge is -2.10. The Morgan fingerprint density at radius 2 is 1.71 bits per heavy atom. The summed E-state index contributed by atoms with van der Waals surface area (Å²) in [5, 5.41) is 0.679. The van der Waals surface area contributed by atoms with Crippen molar-refractivity contribution < 1.29 is 9.59 Å². The summed E-state index contributed by atoms with van der Waals surface area (Å²) in [7, 11) is 0. The standard InChI is InChI=1S/C20H13ClN4O2S/c21-18-9-8-17(28-18)16-11-13(12-5-1-2-6-14(12)23-16)19(26)24-25-20(27)15-7-3-4-10-22-15/h1-11H,(H,24,26)(H,25,27). The minimum absolute atomic E-state index is 0.205. The second kappa shape index (κ2) is 7.75. The van der Waals surface area contributed by atoms with E-state index in [4.69, 9.17) is 11.6 Å². The molecule has 0 atom stereocenters. The van der Waals surface area contributed by atoms with E-state index in [0.717, 1.165) is 4.88 Å². The molecule has 0 saturated carbocycles. The Labute approximate surface area is 169 Å². The Bertz CT molecular complexity index is 1180. The van der Waals surface area contributed by atoms with Crippen molar-refractivity contribution in [2.24, 2.45) is 0 Å². The highest BCUT2D eigenvalue weighted by Crippen LogP contribution is 2.32. The Balaban J connectivity index is 1.65. The van der Waals surface area contributed by atoms with Crippen LogP contribution in [0.4, 0.5) is 0 Å². The largest absolute Gasteiger partial charge is 0.288 e. The molecular formula is C20H13ClN4O2S. The molecular weight excluding hydrogens is 396 g/mol. The molecule has 0 spiro atoms. The van der Waals surface area contributed by atoms with E-state index in [9.17, 15) is 9.59 Å². The Hall–Kier alpha value is -3.29. The predicted molar refractivity (Wildman–Crippen MR) is 109 cm³/mol. The van der Waals surface area contributed by atoms with Crippen LogP contribution in [0.2, 0.25) is 4.34 Å². The van der Waals surface area contributed by atoms with Gasteiger partial charge in [-0.25, -0.2) is 4.98 Å². The average molecular weight is 409 g/mol. The van der Waals surface area contributed by atoms with E-state index in [1.807, 2.05) is 30.3 Å². The molecule has 6 nitrogen and oxygen atoms in total. The molecule has 8 heteroatoms. The van der Waals surface area contributed by atoms with Gasteiger partial charge in [0.1, 0.15) is 5.69 Å². The molecule has 4 rings (SSSR count). The van der Waals surface area contributed by atoms with Crippen LogP contribution < -0.4 is 10.9 Å². The molecule has 0 aliphatic heterocycles. The number of carbonyl (C=O) groups is 2. The van der Waals surface area contributed by atoms with Crippen molar-refractivity contribution in [3.05, 3.63) is 82.5 Å². The number of rotatable bonds is 3. The van der Waals surface area contributed by atoms with Crippen molar-refractivity contribution in [2.75, 3.05) is 0 Å². The highest BCUT2D eigenvalue weighted by molar-refractivity contribution is 7.19. The molecule has 0 radical (unpaired) electrons. The van der Waals surface area contributed by atoms with E-state index in [1.165, 1.54) is 17.5 Å². The fourth-order valence-corrected chi connectivity index (χ4v) is 3.69. The van der Waals surface area contributed by atoms with Gasteiger partial charge in [0.2, 0.25) is 0 Å². The molecule has 28 heavy (non-hydrogen) atoms. The van der Waals surface area contributed by atoms with E-state index in [0.29, 0.717) is 26.5 Å². The Morgan fingerprint density at radius 3 is 2.46 bits per heavy atom. The van der Waals surface area contributed by atoms with Gasteiger partial charge >= 0.3 is 0 Å². The lowest BCUT2D eigenvalue weighted by molar-refractivity contribution is 0.0845. The van der Waals surface area contributed by atoms with E-state index in [1.54, 1.807) is 30.3 Å². The van der Waals surface area contributed by atoms with Gasteiger partial charge in [-0.2, -0.15) is 0 Å². The molecule has 4 aromatic rings. The van der Waals surface area contributed by atoms with Crippen LogP contribution in [0.1, 0.15) is 20.8 Å². The Morgan fingerprint density at radius 1 is 0.929 bits per heavy atom. The lowest BCUT2D eigenvalue weighted by atomic mass is 10.1. The maximum Gasteiger partial charge on any atom is 0.288 e. The van der Waals surface area contributed by atoms with Crippen molar-refractivity contribution >= 4 is 45.7 Å². The second-order valence-electron chi connectivity index (χ2n) is 5.80. The van der Waals surface area contributed by atoms with E-state index < -0.39 is 11.8 Å². The van der Waals surface area contributed by atoms with Crippen LogP contribution in [0, 0.1) is 0 Å². The van der Waals surface area contributed by atoms with Crippen LogP contribution in [0.15, 0.2) is 66.9 Å². The van der Waals surface area contributed by atoms with E-state index >= 15 is 0 Å². The SMILES string of the molecule is O=C(NNC(=O)c1cc(-c2ccc(Cl)s2)nc2ccccc12)c1ccccn1. The van der Waals surface area contributed by atoms with Crippen LogP contribution in [0.5, 0.6) is 0 Å². The van der Waals surface area contributed by atoms with Gasteiger partial charge in [-0.15, -0.1) is 11.3 Å². The first-order chi connectivity index (χ1) is 13.6. The molecule has 0 unspecified atom stereocenters. The van der Waals surface area contributed by atoms with Gasteiger partial charge in [-0.05, 0) is 36.4 Å². The molecule has 138 valence electrons. The zero-order chi connectivity index (χ0) is 19.5. The summed E-state index contributed by atoms with van der Waals surface area (Å²) < 4.78 is 0.638. The molecule has 3 aromatic heterocycles. The number of carbonyl (C=O) groups excluding carboxylic acids is 2. The first kappa shape index (κ1) is 18.1. The molecule has 0 fully saturated rings. The quantitative estimate of drug-likeness (QED) is 0.500. The normalized spacial score (nSPS) is 10.6. The smallest absolute Gasteiger partial charge is 0.267 e. The van der Waals surface area contributed by atoms with Crippen molar-refractivity contribution in [1.82, 2.24) is 20.8 Å². The number of pyridine rings is 2. The third-order valence-corrected chi connectivity index (χ3v) is 5.23. The minimum Gasteiger partial charge on any atom is -0.267 e. The zero-order valence-corrected chi connectivity index (χ0v) is 15.9. The van der Waals surface area contributed by atoms with E-state index in [2.05, 4.69) is 20.8 Å². The van der Waals surface area contributed by atoms with Gasteiger partial charge in [0, 0.05) is 11.6 Å². The summed E-state index contributed by atoms with van der Waals surface area (Å²) in [6, 6.07) is 17.6. The topological polar surface area (TPSA) is 84.0 Å². The molecule has 1 aromatic carbocycles. The van der Waals surface area contributed by atoms with Gasteiger partial charge in [0.25, 0.3) is 11.8 Å². The highest BCUT2D eigenvalue weighted by atomic mass is 35.5. The fourth-order valence-electron chi connectivity index (χ4n) is 2.68. The monoisotopic (exact) mass is 408 g/mol. The van der Waals surface area contributed by atoms with Crippen LogP contribution >= 0.6 is 22.9 Å². The second-order valence-corrected chi connectivity index (χ2v) is 7.51.